The highest BCUT2D eigenvalue weighted by molar-refractivity contribution is 7.12. The summed E-state index contributed by atoms with van der Waals surface area (Å²) in [4.78, 5) is 26.8. The monoisotopic (exact) mass is 373 g/mol. The molecule has 0 N–H and O–H groups in total. The van der Waals surface area contributed by atoms with E-state index in [9.17, 15) is 14.0 Å². The van der Waals surface area contributed by atoms with Crippen molar-refractivity contribution in [1.82, 2.24) is 24.7 Å². The van der Waals surface area contributed by atoms with Crippen LogP contribution in [0, 0.1) is 5.82 Å². The zero-order chi connectivity index (χ0) is 18.1. The Morgan fingerprint density at radius 2 is 2.08 bits per heavy atom. The molecule has 0 spiro atoms. The predicted molar refractivity (Wildman–Crippen MR) is 94.0 cm³/mol. The van der Waals surface area contributed by atoms with Gasteiger partial charge in [-0.05, 0) is 52.9 Å². The first-order chi connectivity index (χ1) is 12.6. The van der Waals surface area contributed by atoms with Gasteiger partial charge in [0.15, 0.2) is 0 Å². The normalized spacial score (nSPS) is 17.0. The zero-order valence-corrected chi connectivity index (χ0v) is 14.6. The molecule has 1 saturated heterocycles. The fourth-order valence-electron chi connectivity index (χ4n) is 3.20. The lowest BCUT2D eigenvalue weighted by molar-refractivity contribution is 0.0715. The van der Waals surface area contributed by atoms with E-state index in [0.29, 0.717) is 11.5 Å². The van der Waals surface area contributed by atoms with Crippen LogP contribution in [-0.2, 0) is 6.54 Å². The van der Waals surface area contributed by atoms with E-state index in [4.69, 9.17) is 0 Å². The van der Waals surface area contributed by atoms with Crippen LogP contribution in [0.25, 0.3) is 5.00 Å². The van der Waals surface area contributed by atoms with Crippen molar-refractivity contribution in [1.29, 1.82) is 0 Å². The molecule has 7 nitrogen and oxygen atoms in total. The molecular weight excluding hydrogens is 357 g/mol. The number of thiophene rings is 1. The Labute approximate surface area is 152 Å². The topological polar surface area (TPSA) is 73.0 Å². The van der Waals surface area contributed by atoms with E-state index in [1.807, 2.05) is 11.4 Å². The molecule has 3 heterocycles. The molecule has 9 heteroatoms. The number of hydrogen-bond acceptors (Lipinski definition) is 5. The lowest BCUT2D eigenvalue weighted by Crippen LogP contribution is -2.40. The van der Waals surface area contributed by atoms with Crippen molar-refractivity contribution in [2.24, 2.45) is 0 Å². The average molecular weight is 373 g/mol. The Morgan fingerprint density at radius 3 is 2.85 bits per heavy atom. The fraction of sp³-hybridized carbons (Fsp3) is 0.294. The summed E-state index contributed by atoms with van der Waals surface area (Å²) in [5.74, 6) is -0.895. The molecule has 4 rings (SSSR count). The van der Waals surface area contributed by atoms with Crippen LogP contribution in [0.4, 0.5) is 4.39 Å². The summed E-state index contributed by atoms with van der Waals surface area (Å²) in [6.07, 6.45) is 1.54. The molecule has 0 radical (unpaired) electrons. The standard InChI is InChI=1S/C17H16FN5O2S/c18-14-7-2-1-6-13(14)16(24)21-9-3-5-12(21)11-22-17(25)23(20-19-22)15-8-4-10-26-15/h1-2,4,6-8,10,12H,3,5,9,11H2/t12-/m1/s1. The molecule has 26 heavy (non-hydrogen) atoms. The van der Waals surface area contributed by atoms with Crippen LogP contribution in [0.3, 0.4) is 0 Å². The van der Waals surface area contributed by atoms with E-state index in [1.54, 1.807) is 23.1 Å². The van der Waals surface area contributed by atoms with Crippen LogP contribution in [0.15, 0.2) is 46.6 Å². The number of likely N-dealkylation sites (tertiary alicyclic amines) is 1. The molecule has 1 aliphatic heterocycles. The Hall–Kier alpha value is -2.81. The van der Waals surface area contributed by atoms with E-state index in [1.165, 1.54) is 32.8 Å². The van der Waals surface area contributed by atoms with Crippen LogP contribution in [0.1, 0.15) is 23.2 Å². The van der Waals surface area contributed by atoms with Gasteiger partial charge in [0, 0.05) is 6.54 Å². The predicted octanol–water partition coefficient (Wildman–Crippen LogP) is 1.93. The first-order valence-corrected chi connectivity index (χ1v) is 9.15. The van der Waals surface area contributed by atoms with Crippen molar-refractivity contribution in [3.05, 3.63) is 63.6 Å². The minimum Gasteiger partial charge on any atom is -0.334 e. The third-order valence-electron chi connectivity index (χ3n) is 4.48. The number of benzene rings is 1. The minimum absolute atomic E-state index is 0.0500. The second-order valence-corrected chi connectivity index (χ2v) is 7.01. The number of carbonyl (C=O) groups excluding carboxylic acids is 1. The summed E-state index contributed by atoms with van der Waals surface area (Å²) in [6, 6.07) is 9.34. The lowest BCUT2D eigenvalue weighted by Gasteiger charge is -2.24. The highest BCUT2D eigenvalue weighted by atomic mass is 32.1. The summed E-state index contributed by atoms with van der Waals surface area (Å²) in [6.45, 7) is 0.774. The molecule has 1 fully saturated rings. The number of rotatable bonds is 4. The zero-order valence-electron chi connectivity index (χ0n) is 13.8. The number of halogens is 1. The molecule has 1 aromatic carbocycles. The van der Waals surface area contributed by atoms with Gasteiger partial charge in [-0.25, -0.2) is 9.18 Å². The second kappa shape index (κ2) is 6.83. The van der Waals surface area contributed by atoms with Gasteiger partial charge in [-0.3, -0.25) is 4.79 Å². The van der Waals surface area contributed by atoms with Crippen LogP contribution in [0.5, 0.6) is 0 Å². The van der Waals surface area contributed by atoms with Crippen molar-refractivity contribution in [2.75, 3.05) is 6.54 Å². The van der Waals surface area contributed by atoms with Crippen molar-refractivity contribution in [2.45, 2.75) is 25.4 Å². The van der Waals surface area contributed by atoms with E-state index < -0.39 is 5.82 Å². The Balaban J connectivity index is 1.56. The number of hydrogen-bond donors (Lipinski definition) is 0. The SMILES string of the molecule is O=C(c1ccccc1F)N1CCC[C@@H]1Cn1nnn(-c2cccs2)c1=O. The lowest BCUT2D eigenvalue weighted by atomic mass is 10.1. The molecule has 1 atom stereocenters. The first kappa shape index (κ1) is 16.6. The molecule has 0 aliphatic carbocycles. The maximum absolute atomic E-state index is 13.9. The summed E-state index contributed by atoms with van der Waals surface area (Å²) in [5, 5.41) is 10.4. The van der Waals surface area contributed by atoms with E-state index in [-0.39, 0.29) is 29.7 Å². The van der Waals surface area contributed by atoms with Gasteiger partial charge in [0.1, 0.15) is 10.8 Å². The first-order valence-electron chi connectivity index (χ1n) is 8.27. The number of tetrazole rings is 1. The summed E-state index contributed by atoms with van der Waals surface area (Å²) in [5.41, 5.74) is -0.299. The van der Waals surface area contributed by atoms with Gasteiger partial charge in [0.25, 0.3) is 5.91 Å². The molecular formula is C17H16FN5O2S. The summed E-state index contributed by atoms with van der Waals surface area (Å²) in [7, 11) is 0. The molecule has 3 aromatic rings. The average Bonchev–Trinajstić information content (AvgIpc) is 3.38. The number of carbonyl (C=O) groups is 1. The molecule has 134 valence electrons. The summed E-state index contributed by atoms with van der Waals surface area (Å²) < 4.78 is 16.4. The van der Waals surface area contributed by atoms with Crippen molar-refractivity contribution < 1.29 is 9.18 Å². The van der Waals surface area contributed by atoms with Crippen LogP contribution in [0.2, 0.25) is 0 Å². The number of amides is 1. The largest absolute Gasteiger partial charge is 0.369 e. The third kappa shape index (κ3) is 2.94. The van der Waals surface area contributed by atoms with Gasteiger partial charge in [-0.1, -0.05) is 12.1 Å². The van der Waals surface area contributed by atoms with Gasteiger partial charge in [0.05, 0.1) is 18.2 Å². The molecule has 0 saturated carbocycles. The fourth-order valence-corrected chi connectivity index (χ4v) is 3.87. The third-order valence-corrected chi connectivity index (χ3v) is 5.32. The molecule has 0 bridgehead atoms. The van der Waals surface area contributed by atoms with Gasteiger partial charge in [-0.2, -0.15) is 9.36 Å². The molecule has 2 aromatic heterocycles. The Kier molecular flexibility index (Phi) is 4.37. The number of nitrogens with zero attached hydrogens (tertiary/aromatic N) is 5. The highest BCUT2D eigenvalue weighted by Gasteiger charge is 2.31. The van der Waals surface area contributed by atoms with E-state index in [0.717, 1.165) is 12.8 Å². The Morgan fingerprint density at radius 1 is 1.23 bits per heavy atom. The Bertz CT molecular complexity index is 981. The van der Waals surface area contributed by atoms with Gasteiger partial charge in [-0.15, -0.1) is 11.3 Å². The smallest absolute Gasteiger partial charge is 0.334 e. The quantitative estimate of drug-likeness (QED) is 0.701. The van der Waals surface area contributed by atoms with Crippen LogP contribution in [-0.4, -0.2) is 43.2 Å². The van der Waals surface area contributed by atoms with E-state index in [2.05, 4.69) is 10.4 Å². The van der Waals surface area contributed by atoms with Crippen LogP contribution < -0.4 is 5.69 Å². The summed E-state index contributed by atoms with van der Waals surface area (Å²) >= 11 is 1.39. The van der Waals surface area contributed by atoms with Crippen molar-refractivity contribution >= 4 is 17.2 Å². The van der Waals surface area contributed by atoms with Gasteiger partial charge in [0.2, 0.25) is 0 Å². The van der Waals surface area contributed by atoms with E-state index >= 15 is 0 Å². The van der Waals surface area contributed by atoms with Crippen LogP contribution >= 0.6 is 11.3 Å². The van der Waals surface area contributed by atoms with Gasteiger partial charge < -0.3 is 4.90 Å². The maximum Gasteiger partial charge on any atom is 0.369 e. The highest BCUT2D eigenvalue weighted by Crippen LogP contribution is 2.22. The molecule has 1 aliphatic rings. The molecule has 0 unspecified atom stereocenters. The van der Waals surface area contributed by atoms with Crippen molar-refractivity contribution in [3.8, 4) is 5.00 Å². The van der Waals surface area contributed by atoms with Crippen molar-refractivity contribution in [3.63, 3.8) is 0 Å². The minimum atomic E-state index is -0.538. The maximum atomic E-state index is 13.9. The second-order valence-electron chi connectivity index (χ2n) is 6.08. The number of aromatic nitrogens is 4. The molecule has 1 amide bonds. The van der Waals surface area contributed by atoms with Gasteiger partial charge >= 0.3 is 5.69 Å².